The Morgan fingerprint density at radius 2 is 2.09 bits per heavy atom. The quantitative estimate of drug-likeness (QED) is 0.510. The average Bonchev–Trinajstić information content (AvgIpc) is 2.94. The summed E-state index contributed by atoms with van der Waals surface area (Å²) in [6.07, 6.45) is 7.48. The van der Waals surface area contributed by atoms with Gasteiger partial charge in [0.1, 0.15) is 5.52 Å². The highest BCUT2D eigenvalue weighted by atomic mass is 15.4. The summed E-state index contributed by atoms with van der Waals surface area (Å²) < 4.78 is 0. The van der Waals surface area contributed by atoms with E-state index in [-0.39, 0.29) is 0 Å². The van der Waals surface area contributed by atoms with Crippen LogP contribution in [0.1, 0.15) is 26.2 Å². The summed E-state index contributed by atoms with van der Waals surface area (Å²) in [5.41, 5.74) is 11.4. The molecule has 2 aromatic heterocycles. The number of fused-ring (bicyclic) bond motifs is 3. The lowest BCUT2D eigenvalue weighted by Gasteiger charge is -2.13. The number of para-hydroxylation sites is 1. The van der Waals surface area contributed by atoms with Crippen LogP contribution >= 0.6 is 0 Å². The van der Waals surface area contributed by atoms with Gasteiger partial charge in [0.25, 0.3) is 5.95 Å². The SMILES string of the molecule is CC1=CC/C(=C/NNc2nnc3c(n2)[nH]c2ccccc23)CC1. The minimum atomic E-state index is 0.448. The first-order valence-corrected chi connectivity index (χ1v) is 7.76. The Morgan fingerprint density at radius 1 is 1.17 bits per heavy atom. The highest BCUT2D eigenvalue weighted by molar-refractivity contribution is 6.03. The molecule has 0 aliphatic heterocycles. The lowest BCUT2D eigenvalue weighted by molar-refractivity contribution is 0.827. The second kappa shape index (κ2) is 5.72. The van der Waals surface area contributed by atoms with Crippen molar-refractivity contribution in [3.8, 4) is 0 Å². The summed E-state index contributed by atoms with van der Waals surface area (Å²) in [6.45, 7) is 2.18. The number of hydrogen-bond donors (Lipinski definition) is 3. The summed E-state index contributed by atoms with van der Waals surface area (Å²) in [7, 11) is 0. The fourth-order valence-corrected chi connectivity index (χ4v) is 2.77. The molecule has 0 atom stereocenters. The number of aromatic nitrogens is 4. The van der Waals surface area contributed by atoms with Crippen molar-refractivity contribution in [1.29, 1.82) is 0 Å². The number of hydrazine groups is 1. The topological polar surface area (TPSA) is 78.5 Å². The Bertz CT molecular complexity index is 921. The molecule has 6 nitrogen and oxygen atoms in total. The van der Waals surface area contributed by atoms with Gasteiger partial charge < -0.3 is 10.4 Å². The second-order valence-corrected chi connectivity index (χ2v) is 5.83. The Hall–Kier alpha value is -2.89. The van der Waals surface area contributed by atoms with Crippen LogP contribution in [0, 0.1) is 0 Å². The Morgan fingerprint density at radius 3 is 2.96 bits per heavy atom. The molecule has 0 amide bonds. The fraction of sp³-hybridized carbons (Fsp3) is 0.235. The number of aromatic amines is 1. The lowest BCUT2D eigenvalue weighted by Crippen LogP contribution is -2.18. The van der Waals surface area contributed by atoms with Crippen molar-refractivity contribution >= 4 is 28.0 Å². The molecule has 1 aromatic carbocycles. The minimum Gasteiger partial charge on any atom is -0.338 e. The monoisotopic (exact) mass is 306 g/mol. The standard InChI is InChI=1S/C17H18N6/c1-11-6-8-12(9-7-11)10-18-22-17-20-16-15(21-23-17)13-4-2-3-5-14(13)19-16/h2-6,10,18H,7-9H2,1H3,(H2,19,20,22,23)/b12-10-. The average molecular weight is 306 g/mol. The molecule has 23 heavy (non-hydrogen) atoms. The van der Waals surface area contributed by atoms with E-state index in [0.717, 1.165) is 41.3 Å². The van der Waals surface area contributed by atoms with E-state index >= 15 is 0 Å². The third-order valence-electron chi connectivity index (χ3n) is 4.14. The number of nitrogens with zero attached hydrogens (tertiary/aromatic N) is 3. The second-order valence-electron chi connectivity index (χ2n) is 5.83. The number of rotatable bonds is 3. The molecule has 3 aromatic rings. The maximum atomic E-state index is 4.46. The normalized spacial score (nSPS) is 16.7. The van der Waals surface area contributed by atoms with Gasteiger partial charge in [0.05, 0.1) is 0 Å². The molecule has 3 N–H and O–H groups in total. The van der Waals surface area contributed by atoms with Gasteiger partial charge in [0, 0.05) is 17.1 Å². The van der Waals surface area contributed by atoms with Gasteiger partial charge in [-0.25, -0.2) is 0 Å². The van der Waals surface area contributed by atoms with Gasteiger partial charge in [0.2, 0.25) is 0 Å². The van der Waals surface area contributed by atoms with E-state index in [9.17, 15) is 0 Å². The predicted molar refractivity (Wildman–Crippen MR) is 91.6 cm³/mol. The molecule has 1 aliphatic rings. The van der Waals surface area contributed by atoms with E-state index in [1.54, 1.807) is 0 Å². The number of benzene rings is 1. The number of nitrogens with one attached hydrogen (secondary N) is 3. The smallest absolute Gasteiger partial charge is 0.263 e. The maximum Gasteiger partial charge on any atom is 0.263 e. The molecule has 0 radical (unpaired) electrons. The molecule has 6 heteroatoms. The summed E-state index contributed by atoms with van der Waals surface area (Å²) in [6, 6.07) is 7.99. The van der Waals surface area contributed by atoms with Crippen molar-refractivity contribution in [2.24, 2.45) is 0 Å². The summed E-state index contributed by atoms with van der Waals surface area (Å²) in [5.74, 6) is 0.448. The van der Waals surface area contributed by atoms with E-state index in [4.69, 9.17) is 0 Å². The molecule has 2 heterocycles. The van der Waals surface area contributed by atoms with Gasteiger partial charge in [0.15, 0.2) is 5.65 Å². The number of H-pyrrole nitrogens is 1. The van der Waals surface area contributed by atoms with Gasteiger partial charge in [-0.05, 0) is 37.8 Å². The highest BCUT2D eigenvalue weighted by Crippen LogP contribution is 2.22. The van der Waals surface area contributed by atoms with Crippen LogP contribution in [0.2, 0.25) is 0 Å². The van der Waals surface area contributed by atoms with E-state index in [0.29, 0.717) is 5.95 Å². The molecule has 0 bridgehead atoms. The third-order valence-corrected chi connectivity index (χ3v) is 4.14. The molecular formula is C17H18N6. The molecule has 0 unspecified atom stereocenters. The van der Waals surface area contributed by atoms with Crippen LogP contribution in [-0.4, -0.2) is 20.2 Å². The van der Waals surface area contributed by atoms with Gasteiger partial charge in [-0.1, -0.05) is 29.8 Å². The zero-order valence-electron chi connectivity index (χ0n) is 12.9. The molecule has 1 aliphatic carbocycles. The van der Waals surface area contributed by atoms with Crippen LogP contribution in [0.15, 0.2) is 47.7 Å². The van der Waals surface area contributed by atoms with Crippen molar-refractivity contribution < 1.29 is 0 Å². The van der Waals surface area contributed by atoms with Crippen molar-refractivity contribution in [2.75, 3.05) is 5.43 Å². The number of allylic oxidation sites excluding steroid dienone is 3. The van der Waals surface area contributed by atoms with Crippen molar-refractivity contribution in [3.05, 3.63) is 47.7 Å². The van der Waals surface area contributed by atoms with Crippen LogP contribution in [0.25, 0.3) is 22.1 Å². The van der Waals surface area contributed by atoms with Gasteiger partial charge in [-0.15, -0.1) is 10.2 Å². The van der Waals surface area contributed by atoms with Gasteiger partial charge >= 0.3 is 0 Å². The van der Waals surface area contributed by atoms with Crippen molar-refractivity contribution in [3.63, 3.8) is 0 Å². The van der Waals surface area contributed by atoms with Crippen molar-refractivity contribution in [2.45, 2.75) is 26.2 Å². The zero-order chi connectivity index (χ0) is 15.6. The van der Waals surface area contributed by atoms with Crippen LogP contribution in [0.3, 0.4) is 0 Å². The third kappa shape index (κ3) is 2.75. The zero-order valence-corrected chi connectivity index (χ0v) is 12.9. The Labute approximate surface area is 133 Å². The van der Waals surface area contributed by atoms with Crippen LogP contribution in [0.5, 0.6) is 0 Å². The highest BCUT2D eigenvalue weighted by Gasteiger charge is 2.08. The van der Waals surface area contributed by atoms with Crippen molar-refractivity contribution in [1.82, 2.24) is 25.6 Å². The summed E-state index contributed by atoms with van der Waals surface area (Å²) in [4.78, 5) is 7.72. The first-order chi connectivity index (χ1) is 11.3. The Balaban J connectivity index is 1.51. The molecule has 4 rings (SSSR count). The minimum absolute atomic E-state index is 0.448. The van der Waals surface area contributed by atoms with E-state index in [1.807, 2.05) is 30.5 Å². The van der Waals surface area contributed by atoms with Crippen LogP contribution < -0.4 is 10.9 Å². The predicted octanol–water partition coefficient (Wildman–Crippen LogP) is 3.44. The van der Waals surface area contributed by atoms with Gasteiger partial charge in [-0.3, -0.25) is 5.43 Å². The fourth-order valence-electron chi connectivity index (χ4n) is 2.77. The van der Waals surface area contributed by atoms with Crippen LogP contribution in [0.4, 0.5) is 5.95 Å². The Kier molecular flexibility index (Phi) is 3.42. The lowest BCUT2D eigenvalue weighted by atomic mass is 9.97. The largest absolute Gasteiger partial charge is 0.338 e. The first-order valence-electron chi connectivity index (χ1n) is 7.76. The van der Waals surface area contributed by atoms with Gasteiger partial charge in [-0.2, -0.15) is 4.98 Å². The number of hydrogen-bond acceptors (Lipinski definition) is 5. The first kappa shape index (κ1) is 13.8. The molecule has 0 saturated heterocycles. The van der Waals surface area contributed by atoms with E-state index in [2.05, 4.69) is 44.0 Å². The van der Waals surface area contributed by atoms with E-state index < -0.39 is 0 Å². The van der Waals surface area contributed by atoms with Crippen LogP contribution in [-0.2, 0) is 0 Å². The van der Waals surface area contributed by atoms with E-state index in [1.165, 1.54) is 11.1 Å². The molecule has 0 fully saturated rings. The maximum absolute atomic E-state index is 4.46. The number of anilines is 1. The molecule has 116 valence electrons. The summed E-state index contributed by atoms with van der Waals surface area (Å²) >= 11 is 0. The molecular weight excluding hydrogens is 288 g/mol. The molecule has 0 spiro atoms. The molecule has 0 saturated carbocycles. The summed E-state index contributed by atoms with van der Waals surface area (Å²) in [5, 5.41) is 9.43.